The van der Waals surface area contributed by atoms with Crippen molar-refractivity contribution in [1.29, 1.82) is 0 Å². The number of carbonyl (C=O) groups is 1. The van der Waals surface area contributed by atoms with E-state index in [0.717, 1.165) is 18.8 Å². The number of benzene rings is 1. The lowest BCUT2D eigenvalue weighted by atomic mass is 10.1. The van der Waals surface area contributed by atoms with Crippen LogP contribution in [0, 0.1) is 0 Å². The van der Waals surface area contributed by atoms with Gasteiger partial charge in [-0.3, -0.25) is 10.1 Å². The summed E-state index contributed by atoms with van der Waals surface area (Å²) in [6.45, 7) is 2.86. The minimum Gasteiger partial charge on any atom is -0.389 e. The maximum atomic E-state index is 13.5. The second-order valence-electron chi connectivity index (χ2n) is 9.20. The van der Waals surface area contributed by atoms with Crippen LogP contribution < -0.4 is 15.5 Å². The van der Waals surface area contributed by atoms with Crippen LogP contribution >= 0.6 is 11.3 Å². The van der Waals surface area contributed by atoms with Crippen molar-refractivity contribution in [2.75, 3.05) is 70.1 Å². The number of carbonyl (C=O) groups excluding carboxylic acids is 1. The molecular formula is C26H34N6O6S2. The number of ether oxygens (including phenoxy) is 2. The minimum absolute atomic E-state index is 0.00573. The van der Waals surface area contributed by atoms with Gasteiger partial charge in [-0.2, -0.15) is 0 Å². The van der Waals surface area contributed by atoms with Gasteiger partial charge in [0.15, 0.2) is 26.8 Å². The number of methoxy groups -OCH3 is 1. The third-order valence-corrected chi connectivity index (χ3v) is 8.94. The summed E-state index contributed by atoms with van der Waals surface area (Å²) < 4.78 is 35.6. The molecule has 0 bridgehead atoms. The molecule has 4 rings (SSSR count). The third kappa shape index (κ3) is 7.52. The lowest BCUT2D eigenvalue weighted by molar-refractivity contribution is -0.110. The fraction of sp³-hybridized carbons (Fsp3) is 0.462. The van der Waals surface area contributed by atoms with Crippen LogP contribution in [0.1, 0.15) is 18.4 Å². The lowest BCUT2D eigenvalue weighted by Crippen LogP contribution is -2.27. The molecule has 0 spiro atoms. The van der Waals surface area contributed by atoms with Crippen LogP contribution in [-0.2, 0) is 28.9 Å². The van der Waals surface area contributed by atoms with Gasteiger partial charge in [-0.15, -0.1) is 0 Å². The predicted octanol–water partition coefficient (Wildman–Crippen LogP) is 2.31. The van der Waals surface area contributed by atoms with Crippen LogP contribution in [0.2, 0.25) is 0 Å². The standard InChI is InChI=1S/C26H34N6O6S2/c1-27-12-13-32(2)21-9-11-28-25-23(21)29-26(39-25)30-24(33)22(31-38-19-10-15-37-17-19)18-5-7-20(8-6-18)40(34,35)16-4-14-36-3/h5-9,11,19,27H,4,10,12-17H2,1-3H3,(H,29,30,33)/t19-/m1/s1. The molecule has 1 aromatic carbocycles. The highest BCUT2D eigenvalue weighted by Crippen LogP contribution is 2.31. The van der Waals surface area contributed by atoms with Crippen molar-refractivity contribution in [2.45, 2.75) is 23.8 Å². The van der Waals surface area contributed by atoms with E-state index < -0.39 is 15.7 Å². The van der Waals surface area contributed by atoms with Gasteiger partial charge < -0.3 is 24.5 Å². The average molecular weight is 591 g/mol. The Labute approximate surface area is 237 Å². The van der Waals surface area contributed by atoms with Crippen molar-refractivity contribution in [2.24, 2.45) is 5.16 Å². The van der Waals surface area contributed by atoms with Gasteiger partial charge in [-0.25, -0.2) is 18.4 Å². The van der Waals surface area contributed by atoms with E-state index >= 15 is 0 Å². The Morgan fingerprint density at radius 3 is 2.77 bits per heavy atom. The molecule has 1 aliphatic heterocycles. The third-order valence-electron chi connectivity index (χ3n) is 6.25. The van der Waals surface area contributed by atoms with Gasteiger partial charge in [0, 0.05) is 52.0 Å². The number of rotatable bonds is 14. The summed E-state index contributed by atoms with van der Waals surface area (Å²) in [5.41, 5.74) is 1.98. The molecule has 216 valence electrons. The molecule has 40 heavy (non-hydrogen) atoms. The number of aromatic nitrogens is 2. The maximum absolute atomic E-state index is 13.5. The zero-order chi connectivity index (χ0) is 28.5. The average Bonchev–Trinajstić information content (AvgIpc) is 3.61. The lowest BCUT2D eigenvalue weighted by Gasteiger charge is -2.18. The SMILES string of the molecule is CNCCN(C)c1ccnc2sc(NC(=O)C(=NO[C@@H]3CCOC3)c3ccc(S(=O)(=O)CCCOC)cc3)nc12. The molecule has 0 saturated carbocycles. The number of hydrogen-bond acceptors (Lipinski definition) is 12. The highest BCUT2D eigenvalue weighted by Gasteiger charge is 2.23. The van der Waals surface area contributed by atoms with E-state index in [4.69, 9.17) is 14.3 Å². The van der Waals surface area contributed by atoms with Gasteiger partial charge in [0.25, 0.3) is 5.91 Å². The van der Waals surface area contributed by atoms with Crippen molar-refractivity contribution in [3.63, 3.8) is 0 Å². The number of nitrogens with one attached hydrogen (secondary N) is 2. The van der Waals surface area contributed by atoms with Crippen LogP contribution in [0.15, 0.2) is 46.6 Å². The first-order chi connectivity index (χ1) is 19.3. The monoisotopic (exact) mass is 590 g/mol. The van der Waals surface area contributed by atoms with Crippen LogP contribution in [0.5, 0.6) is 0 Å². The number of fused-ring (bicyclic) bond motifs is 1. The number of oxime groups is 1. The fourth-order valence-electron chi connectivity index (χ4n) is 4.02. The van der Waals surface area contributed by atoms with Crippen LogP contribution in [0.3, 0.4) is 0 Å². The molecule has 12 nitrogen and oxygen atoms in total. The Hall–Kier alpha value is -3.17. The van der Waals surface area contributed by atoms with E-state index in [1.54, 1.807) is 18.3 Å². The van der Waals surface area contributed by atoms with Crippen molar-refractivity contribution < 1.29 is 27.5 Å². The molecule has 3 aromatic rings. The van der Waals surface area contributed by atoms with Gasteiger partial charge in [0.05, 0.1) is 29.5 Å². The first kappa shape index (κ1) is 29.8. The molecule has 2 N–H and O–H groups in total. The van der Waals surface area contributed by atoms with Gasteiger partial charge in [-0.05, 0) is 31.7 Å². The van der Waals surface area contributed by atoms with E-state index in [9.17, 15) is 13.2 Å². The summed E-state index contributed by atoms with van der Waals surface area (Å²) in [4.78, 5) is 31.0. The molecule has 0 aliphatic carbocycles. The zero-order valence-corrected chi connectivity index (χ0v) is 24.4. The van der Waals surface area contributed by atoms with Crippen molar-refractivity contribution in [3.8, 4) is 0 Å². The first-order valence-electron chi connectivity index (χ1n) is 12.9. The molecule has 2 aromatic heterocycles. The number of amides is 1. The van der Waals surface area contributed by atoms with Gasteiger partial charge in [0.1, 0.15) is 10.3 Å². The topological polar surface area (TPSA) is 144 Å². The van der Waals surface area contributed by atoms with Crippen molar-refractivity contribution >= 4 is 54.0 Å². The molecule has 0 radical (unpaired) electrons. The fourth-order valence-corrected chi connectivity index (χ4v) is 6.13. The number of sulfone groups is 1. The summed E-state index contributed by atoms with van der Waals surface area (Å²) in [6.07, 6.45) is 2.49. The van der Waals surface area contributed by atoms with Crippen LogP contribution in [-0.4, -0.2) is 96.0 Å². The Balaban J connectivity index is 1.57. The largest absolute Gasteiger partial charge is 0.389 e. The summed E-state index contributed by atoms with van der Waals surface area (Å²) in [5, 5.41) is 10.5. The zero-order valence-electron chi connectivity index (χ0n) is 22.8. The molecule has 3 heterocycles. The molecule has 1 aliphatic rings. The molecule has 1 saturated heterocycles. The Bertz CT molecular complexity index is 1420. The minimum atomic E-state index is -3.49. The van der Waals surface area contributed by atoms with E-state index in [2.05, 4.69) is 30.7 Å². The molecular weight excluding hydrogens is 556 g/mol. The van der Waals surface area contributed by atoms with E-state index in [1.807, 2.05) is 20.2 Å². The quantitative estimate of drug-likeness (QED) is 0.163. The Morgan fingerprint density at radius 1 is 1.27 bits per heavy atom. The van der Waals surface area contributed by atoms with Gasteiger partial charge in [0.2, 0.25) is 0 Å². The highest BCUT2D eigenvalue weighted by molar-refractivity contribution is 7.91. The smallest absolute Gasteiger partial charge is 0.280 e. The van der Waals surface area contributed by atoms with Crippen molar-refractivity contribution in [3.05, 3.63) is 42.1 Å². The van der Waals surface area contributed by atoms with Gasteiger partial charge in [-0.1, -0.05) is 28.6 Å². The molecule has 0 unspecified atom stereocenters. The number of hydrogen-bond donors (Lipinski definition) is 2. The number of thiazole rings is 1. The summed E-state index contributed by atoms with van der Waals surface area (Å²) in [5.74, 6) is -0.580. The maximum Gasteiger partial charge on any atom is 0.280 e. The summed E-state index contributed by atoms with van der Waals surface area (Å²) >= 11 is 1.25. The summed E-state index contributed by atoms with van der Waals surface area (Å²) in [6, 6.07) is 7.91. The highest BCUT2D eigenvalue weighted by atomic mass is 32.2. The molecule has 14 heteroatoms. The Morgan fingerprint density at radius 2 is 2.08 bits per heavy atom. The van der Waals surface area contributed by atoms with E-state index in [-0.39, 0.29) is 22.5 Å². The van der Waals surface area contributed by atoms with Crippen LogP contribution in [0.25, 0.3) is 10.3 Å². The number of pyridine rings is 1. The number of anilines is 2. The van der Waals surface area contributed by atoms with E-state index in [0.29, 0.717) is 53.7 Å². The summed E-state index contributed by atoms with van der Waals surface area (Å²) in [7, 11) is 1.90. The molecule has 1 fully saturated rings. The molecule has 1 amide bonds. The number of nitrogens with zero attached hydrogens (tertiary/aromatic N) is 4. The van der Waals surface area contributed by atoms with E-state index in [1.165, 1.54) is 30.6 Å². The second-order valence-corrected chi connectivity index (χ2v) is 12.3. The first-order valence-corrected chi connectivity index (χ1v) is 15.4. The Kier molecular flexibility index (Phi) is 10.4. The predicted molar refractivity (Wildman–Crippen MR) is 155 cm³/mol. The van der Waals surface area contributed by atoms with Crippen LogP contribution in [0.4, 0.5) is 10.8 Å². The van der Waals surface area contributed by atoms with Gasteiger partial charge >= 0.3 is 0 Å². The normalized spacial score (nSPS) is 15.9. The number of likely N-dealkylation sites (N-methyl/N-ethyl adjacent to an activating group) is 2. The molecule has 1 atom stereocenters. The second kappa shape index (κ2) is 13.9. The van der Waals surface area contributed by atoms with Crippen molar-refractivity contribution in [1.82, 2.24) is 15.3 Å².